The minimum atomic E-state index is -3.66. The van der Waals surface area contributed by atoms with Crippen LogP contribution >= 0.6 is 15.9 Å². The number of rotatable bonds is 4. The Morgan fingerprint density at radius 2 is 2.12 bits per heavy atom. The van der Waals surface area contributed by atoms with Gasteiger partial charge < -0.3 is 5.11 Å². The fourth-order valence-corrected chi connectivity index (χ4v) is 1.72. The molecule has 1 N–H and O–H groups in total. The van der Waals surface area contributed by atoms with Crippen molar-refractivity contribution in [3.8, 4) is 0 Å². The molecule has 1 aromatic rings. The van der Waals surface area contributed by atoms with Crippen molar-refractivity contribution in [3.63, 3.8) is 0 Å². The van der Waals surface area contributed by atoms with Crippen LogP contribution in [0.3, 0.4) is 0 Å². The molecule has 0 amide bonds. The van der Waals surface area contributed by atoms with Crippen molar-refractivity contribution in [1.82, 2.24) is 0 Å². The van der Waals surface area contributed by atoms with Crippen LogP contribution in [-0.2, 0) is 11.2 Å². The zero-order valence-corrected chi connectivity index (χ0v) is 10.2. The van der Waals surface area contributed by atoms with E-state index in [9.17, 15) is 13.6 Å². The monoisotopic (exact) mass is 292 g/mol. The first-order chi connectivity index (χ1) is 7.33. The second-order valence-electron chi connectivity index (χ2n) is 3.58. The van der Waals surface area contributed by atoms with E-state index in [1.165, 1.54) is 0 Å². The summed E-state index contributed by atoms with van der Waals surface area (Å²) in [5, 5.41) is 8.28. The van der Waals surface area contributed by atoms with Crippen LogP contribution in [0.25, 0.3) is 0 Å². The number of aliphatic carboxylic acids is 1. The zero-order chi connectivity index (χ0) is 12.3. The summed E-state index contributed by atoms with van der Waals surface area (Å²) in [6.07, 6.45) is -0.635. The predicted molar refractivity (Wildman–Crippen MR) is 59.8 cm³/mol. The van der Waals surface area contributed by atoms with Gasteiger partial charge in [0.05, 0.1) is 0 Å². The molecule has 2 nitrogen and oxygen atoms in total. The molecule has 0 aliphatic carbocycles. The smallest absolute Gasteiger partial charge is 0.374 e. The number of alkyl halides is 2. The van der Waals surface area contributed by atoms with Crippen LogP contribution in [0.1, 0.15) is 17.5 Å². The summed E-state index contributed by atoms with van der Waals surface area (Å²) in [6.45, 7) is 1.81. The third-order valence-corrected chi connectivity index (χ3v) is 2.83. The summed E-state index contributed by atoms with van der Waals surface area (Å²) in [4.78, 5) is 10.2. The molecule has 0 aliphatic rings. The van der Waals surface area contributed by atoms with Gasteiger partial charge in [-0.05, 0) is 36.6 Å². The van der Waals surface area contributed by atoms with Crippen LogP contribution in [0, 0.1) is 6.92 Å². The largest absolute Gasteiger partial charge is 0.477 e. The van der Waals surface area contributed by atoms with E-state index in [1.54, 1.807) is 19.1 Å². The molecule has 16 heavy (non-hydrogen) atoms. The minimum Gasteiger partial charge on any atom is -0.477 e. The molecular formula is C11H11BrF2O2. The van der Waals surface area contributed by atoms with E-state index < -0.39 is 18.3 Å². The van der Waals surface area contributed by atoms with E-state index in [2.05, 4.69) is 15.9 Å². The van der Waals surface area contributed by atoms with E-state index in [0.717, 1.165) is 15.6 Å². The second-order valence-corrected chi connectivity index (χ2v) is 4.50. The SMILES string of the molecule is Cc1ccc(Br)cc1CCC(F)(F)C(=O)O. The lowest BCUT2D eigenvalue weighted by molar-refractivity contribution is -0.165. The van der Waals surface area contributed by atoms with Crippen molar-refractivity contribution in [1.29, 1.82) is 0 Å². The summed E-state index contributed by atoms with van der Waals surface area (Å²) in [5.41, 5.74) is 1.61. The standard InChI is InChI=1S/C11H11BrF2O2/c1-7-2-3-9(12)6-8(7)4-5-11(13,14)10(15)16/h2-3,6H,4-5H2,1H3,(H,15,16). The maximum Gasteiger partial charge on any atom is 0.374 e. The van der Waals surface area contributed by atoms with E-state index >= 15 is 0 Å². The van der Waals surface area contributed by atoms with Gasteiger partial charge in [0, 0.05) is 10.9 Å². The van der Waals surface area contributed by atoms with Gasteiger partial charge in [-0.15, -0.1) is 0 Å². The minimum absolute atomic E-state index is 0.0462. The number of hydrogen-bond donors (Lipinski definition) is 1. The first kappa shape index (κ1) is 13.1. The van der Waals surface area contributed by atoms with Crippen molar-refractivity contribution in [2.75, 3.05) is 0 Å². The Labute approximate surface area is 100 Å². The van der Waals surface area contributed by atoms with Crippen LogP contribution in [-0.4, -0.2) is 17.0 Å². The molecule has 0 saturated carbocycles. The highest BCUT2D eigenvalue weighted by Gasteiger charge is 2.38. The summed E-state index contributed by atoms with van der Waals surface area (Å²) < 4.78 is 26.5. The topological polar surface area (TPSA) is 37.3 Å². The van der Waals surface area contributed by atoms with Gasteiger partial charge in [0.25, 0.3) is 0 Å². The van der Waals surface area contributed by atoms with Gasteiger partial charge in [0.1, 0.15) is 0 Å². The molecule has 0 atom stereocenters. The molecule has 88 valence electrons. The Morgan fingerprint density at radius 3 is 2.69 bits per heavy atom. The van der Waals surface area contributed by atoms with Crippen molar-refractivity contribution in [2.45, 2.75) is 25.7 Å². The number of carbonyl (C=O) groups is 1. The molecule has 0 saturated heterocycles. The summed E-state index contributed by atoms with van der Waals surface area (Å²) in [6, 6.07) is 5.35. The Bertz CT molecular complexity index is 405. The highest BCUT2D eigenvalue weighted by Crippen LogP contribution is 2.24. The van der Waals surface area contributed by atoms with E-state index in [4.69, 9.17) is 5.11 Å². The van der Waals surface area contributed by atoms with Gasteiger partial charge in [0.15, 0.2) is 0 Å². The summed E-state index contributed by atoms with van der Waals surface area (Å²) >= 11 is 3.24. The normalized spacial score (nSPS) is 11.5. The van der Waals surface area contributed by atoms with Gasteiger partial charge in [-0.3, -0.25) is 0 Å². The molecule has 0 radical (unpaired) electrons. The summed E-state index contributed by atoms with van der Waals surface area (Å²) in [5.74, 6) is -5.73. The zero-order valence-electron chi connectivity index (χ0n) is 8.64. The molecule has 0 heterocycles. The number of aryl methyl sites for hydroxylation is 2. The third kappa shape index (κ3) is 3.27. The molecule has 0 unspecified atom stereocenters. The van der Waals surface area contributed by atoms with Crippen molar-refractivity contribution in [2.24, 2.45) is 0 Å². The molecule has 0 spiro atoms. The first-order valence-electron chi connectivity index (χ1n) is 4.69. The number of hydrogen-bond acceptors (Lipinski definition) is 1. The fourth-order valence-electron chi connectivity index (χ4n) is 1.31. The lowest BCUT2D eigenvalue weighted by atomic mass is 10.0. The Morgan fingerprint density at radius 1 is 1.50 bits per heavy atom. The Kier molecular flexibility index (Phi) is 4.02. The van der Waals surface area contributed by atoms with Crippen molar-refractivity contribution < 1.29 is 18.7 Å². The Hall–Kier alpha value is -0.970. The van der Waals surface area contributed by atoms with Gasteiger partial charge in [0.2, 0.25) is 0 Å². The summed E-state index contributed by atoms with van der Waals surface area (Å²) in [7, 11) is 0. The molecule has 0 bridgehead atoms. The third-order valence-electron chi connectivity index (χ3n) is 2.33. The highest BCUT2D eigenvalue weighted by atomic mass is 79.9. The first-order valence-corrected chi connectivity index (χ1v) is 5.48. The highest BCUT2D eigenvalue weighted by molar-refractivity contribution is 9.10. The van der Waals surface area contributed by atoms with Crippen LogP contribution in [0.5, 0.6) is 0 Å². The van der Waals surface area contributed by atoms with E-state index in [-0.39, 0.29) is 6.42 Å². The number of benzene rings is 1. The predicted octanol–water partition coefficient (Wildman–Crippen LogP) is 3.41. The lowest BCUT2D eigenvalue weighted by Crippen LogP contribution is -2.28. The molecule has 0 aromatic heterocycles. The van der Waals surface area contributed by atoms with Crippen LogP contribution in [0.4, 0.5) is 8.78 Å². The quantitative estimate of drug-likeness (QED) is 0.923. The van der Waals surface area contributed by atoms with Gasteiger partial charge >= 0.3 is 11.9 Å². The number of carboxylic acids is 1. The van der Waals surface area contributed by atoms with Crippen LogP contribution in [0.15, 0.2) is 22.7 Å². The van der Waals surface area contributed by atoms with Crippen molar-refractivity contribution in [3.05, 3.63) is 33.8 Å². The average molecular weight is 293 g/mol. The maximum atomic E-state index is 12.9. The second kappa shape index (κ2) is 4.91. The number of halogens is 3. The van der Waals surface area contributed by atoms with E-state index in [1.807, 2.05) is 6.07 Å². The molecule has 5 heteroatoms. The molecule has 1 rings (SSSR count). The van der Waals surface area contributed by atoms with Crippen LogP contribution in [0.2, 0.25) is 0 Å². The van der Waals surface area contributed by atoms with Gasteiger partial charge in [-0.1, -0.05) is 22.0 Å². The van der Waals surface area contributed by atoms with Gasteiger partial charge in [-0.2, -0.15) is 8.78 Å². The molecule has 1 aromatic carbocycles. The molecular weight excluding hydrogens is 282 g/mol. The average Bonchev–Trinajstić information content (AvgIpc) is 2.19. The fraction of sp³-hybridized carbons (Fsp3) is 0.364. The lowest BCUT2D eigenvalue weighted by Gasteiger charge is -2.12. The number of carboxylic acid groups (broad SMARTS) is 1. The maximum absolute atomic E-state index is 12.9. The Balaban J connectivity index is 2.75. The van der Waals surface area contributed by atoms with Crippen molar-refractivity contribution >= 4 is 21.9 Å². The molecule has 0 fully saturated rings. The van der Waals surface area contributed by atoms with E-state index in [0.29, 0.717) is 0 Å². The molecule has 0 aliphatic heterocycles. The van der Waals surface area contributed by atoms with Crippen LogP contribution < -0.4 is 0 Å². The van der Waals surface area contributed by atoms with Gasteiger partial charge in [-0.25, -0.2) is 4.79 Å².